The first kappa shape index (κ1) is 17.6. The smallest absolute Gasteiger partial charge is 0.338 e. The Morgan fingerprint density at radius 1 is 1.08 bits per heavy atom. The number of esters is 1. The SMILES string of the molecule is Cc1ccc(S(N)(=O)=O)cc1C(=O)OCc1ccc(C(N)=O)cc1. The van der Waals surface area contributed by atoms with E-state index in [9.17, 15) is 18.0 Å². The first-order chi connectivity index (χ1) is 11.2. The fraction of sp³-hybridized carbons (Fsp3) is 0.125. The van der Waals surface area contributed by atoms with E-state index in [1.165, 1.54) is 30.3 Å². The molecule has 24 heavy (non-hydrogen) atoms. The van der Waals surface area contributed by atoms with Gasteiger partial charge in [-0.1, -0.05) is 18.2 Å². The summed E-state index contributed by atoms with van der Waals surface area (Å²) in [6.45, 7) is 1.63. The summed E-state index contributed by atoms with van der Waals surface area (Å²) in [7, 11) is -3.91. The molecular weight excluding hydrogens is 332 g/mol. The standard InChI is InChI=1S/C16H16N2O5S/c1-10-2-7-13(24(18,21)22)8-14(10)16(20)23-9-11-3-5-12(6-4-11)15(17)19/h2-8H,9H2,1H3,(H2,17,19)(H2,18,21,22). The fourth-order valence-electron chi connectivity index (χ4n) is 1.99. The molecule has 0 unspecified atom stereocenters. The van der Waals surface area contributed by atoms with Gasteiger partial charge in [-0.2, -0.15) is 0 Å². The second-order valence-electron chi connectivity index (χ2n) is 5.16. The van der Waals surface area contributed by atoms with Gasteiger partial charge in [0.1, 0.15) is 6.61 Å². The summed E-state index contributed by atoms with van der Waals surface area (Å²) in [5, 5.41) is 5.06. The lowest BCUT2D eigenvalue weighted by molar-refractivity contribution is 0.0471. The Balaban J connectivity index is 2.14. The second-order valence-corrected chi connectivity index (χ2v) is 6.72. The summed E-state index contributed by atoms with van der Waals surface area (Å²) in [5.41, 5.74) is 6.84. The van der Waals surface area contributed by atoms with E-state index in [4.69, 9.17) is 15.6 Å². The highest BCUT2D eigenvalue weighted by Crippen LogP contribution is 2.16. The molecule has 126 valence electrons. The molecule has 0 radical (unpaired) electrons. The number of primary amides is 1. The number of ether oxygens (including phenoxy) is 1. The molecule has 2 aromatic rings. The molecular formula is C16H16N2O5S. The van der Waals surface area contributed by atoms with E-state index in [2.05, 4.69) is 0 Å². The first-order valence-corrected chi connectivity index (χ1v) is 8.42. The number of carbonyl (C=O) groups is 2. The van der Waals surface area contributed by atoms with Crippen molar-refractivity contribution in [3.05, 3.63) is 64.7 Å². The number of sulfonamides is 1. The van der Waals surface area contributed by atoms with Crippen LogP contribution in [-0.4, -0.2) is 20.3 Å². The van der Waals surface area contributed by atoms with Crippen molar-refractivity contribution < 1.29 is 22.7 Å². The van der Waals surface area contributed by atoms with Crippen LogP contribution in [0.25, 0.3) is 0 Å². The quantitative estimate of drug-likeness (QED) is 0.782. The lowest BCUT2D eigenvalue weighted by Crippen LogP contribution is -2.14. The van der Waals surface area contributed by atoms with Crippen molar-refractivity contribution in [1.82, 2.24) is 0 Å². The van der Waals surface area contributed by atoms with Gasteiger partial charge in [0.15, 0.2) is 0 Å². The Hall–Kier alpha value is -2.71. The molecule has 0 fully saturated rings. The third-order valence-corrected chi connectivity index (χ3v) is 4.28. The zero-order chi connectivity index (χ0) is 17.9. The number of nitrogens with two attached hydrogens (primary N) is 2. The van der Waals surface area contributed by atoms with Crippen LogP contribution >= 0.6 is 0 Å². The van der Waals surface area contributed by atoms with Crippen molar-refractivity contribution in [2.24, 2.45) is 10.9 Å². The maximum atomic E-state index is 12.2. The second kappa shape index (κ2) is 6.81. The summed E-state index contributed by atoms with van der Waals surface area (Å²) in [6.07, 6.45) is 0. The van der Waals surface area contributed by atoms with E-state index >= 15 is 0 Å². The molecule has 0 heterocycles. The van der Waals surface area contributed by atoms with Gasteiger partial charge in [0, 0.05) is 5.56 Å². The lowest BCUT2D eigenvalue weighted by Gasteiger charge is -2.09. The number of hydrogen-bond donors (Lipinski definition) is 2. The number of benzene rings is 2. The predicted octanol–water partition coefficient (Wildman–Crippen LogP) is 1.10. The zero-order valence-electron chi connectivity index (χ0n) is 12.9. The molecule has 1 amide bonds. The fourth-order valence-corrected chi connectivity index (χ4v) is 2.53. The molecule has 0 aromatic heterocycles. The van der Waals surface area contributed by atoms with Crippen LogP contribution in [0.5, 0.6) is 0 Å². The predicted molar refractivity (Wildman–Crippen MR) is 86.6 cm³/mol. The molecule has 7 nitrogen and oxygen atoms in total. The van der Waals surface area contributed by atoms with Crippen LogP contribution < -0.4 is 10.9 Å². The van der Waals surface area contributed by atoms with Crippen molar-refractivity contribution in [2.75, 3.05) is 0 Å². The van der Waals surface area contributed by atoms with E-state index in [1.807, 2.05) is 0 Å². The highest BCUT2D eigenvalue weighted by Gasteiger charge is 2.16. The Kier molecular flexibility index (Phi) is 5.01. The molecule has 0 saturated heterocycles. The van der Waals surface area contributed by atoms with E-state index in [-0.39, 0.29) is 17.1 Å². The molecule has 0 spiro atoms. The van der Waals surface area contributed by atoms with Crippen molar-refractivity contribution >= 4 is 21.9 Å². The van der Waals surface area contributed by atoms with Gasteiger partial charge >= 0.3 is 5.97 Å². The van der Waals surface area contributed by atoms with E-state index in [0.717, 1.165) is 0 Å². The van der Waals surface area contributed by atoms with Gasteiger partial charge < -0.3 is 10.5 Å². The Morgan fingerprint density at radius 3 is 2.25 bits per heavy atom. The van der Waals surface area contributed by atoms with E-state index in [0.29, 0.717) is 16.7 Å². The van der Waals surface area contributed by atoms with Crippen LogP contribution in [0, 0.1) is 6.92 Å². The van der Waals surface area contributed by atoms with Crippen molar-refractivity contribution in [3.8, 4) is 0 Å². The largest absolute Gasteiger partial charge is 0.457 e. The normalized spacial score (nSPS) is 11.1. The summed E-state index contributed by atoms with van der Waals surface area (Å²) < 4.78 is 27.9. The lowest BCUT2D eigenvalue weighted by atomic mass is 10.1. The van der Waals surface area contributed by atoms with Crippen molar-refractivity contribution in [1.29, 1.82) is 0 Å². The minimum atomic E-state index is -3.91. The maximum Gasteiger partial charge on any atom is 0.338 e. The summed E-state index contributed by atoms with van der Waals surface area (Å²) in [4.78, 5) is 23.0. The van der Waals surface area contributed by atoms with Crippen LogP contribution in [0.15, 0.2) is 47.4 Å². The molecule has 0 atom stereocenters. The topological polar surface area (TPSA) is 130 Å². The third-order valence-electron chi connectivity index (χ3n) is 3.37. The summed E-state index contributed by atoms with van der Waals surface area (Å²) >= 11 is 0. The maximum absolute atomic E-state index is 12.2. The van der Waals surface area contributed by atoms with Gasteiger partial charge in [0.25, 0.3) is 0 Å². The van der Waals surface area contributed by atoms with Gasteiger partial charge in [-0.3, -0.25) is 4.79 Å². The van der Waals surface area contributed by atoms with Gasteiger partial charge in [0.2, 0.25) is 15.9 Å². The molecule has 0 aliphatic rings. The molecule has 8 heteroatoms. The van der Waals surface area contributed by atoms with Crippen molar-refractivity contribution in [2.45, 2.75) is 18.4 Å². The van der Waals surface area contributed by atoms with Crippen LogP contribution in [0.2, 0.25) is 0 Å². The van der Waals surface area contributed by atoms with Gasteiger partial charge in [0.05, 0.1) is 10.5 Å². The monoisotopic (exact) mass is 348 g/mol. The highest BCUT2D eigenvalue weighted by molar-refractivity contribution is 7.89. The Bertz CT molecular complexity index is 889. The minimum absolute atomic E-state index is 0.0308. The Morgan fingerprint density at radius 2 is 1.71 bits per heavy atom. The van der Waals surface area contributed by atoms with Crippen LogP contribution in [0.4, 0.5) is 0 Å². The minimum Gasteiger partial charge on any atom is -0.457 e. The van der Waals surface area contributed by atoms with E-state index in [1.54, 1.807) is 19.1 Å². The van der Waals surface area contributed by atoms with Gasteiger partial charge in [-0.05, 0) is 42.3 Å². The number of carbonyl (C=O) groups excluding carboxylic acids is 2. The summed E-state index contributed by atoms with van der Waals surface area (Å²) in [6, 6.07) is 10.3. The Labute approximate surface area is 139 Å². The van der Waals surface area contributed by atoms with Crippen molar-refractivity contribution in [3.63, 3.8) is 0 Å². The molecule has 4 N–H and O–H groups in total. The van der Waals surface area contributed by atoms with Crippen LogP contribution in [0.1, 0.15) is 31.8 Å². The van der Waals surface area contributed by atoms with E-state index < -0.39 is 21.9 Å². The number of hydrogen-bond acceptors (Lipinski definition) is 5. The van der Waals surface area contributed by atoms with Gasteiger partial charge in [-0.15, -0.1) is 0 Å². The first-order valence-electron chi connectivity index (χ1n) is 6.88. The number of amides is 1. The molecule has 0 bridgehead atoms. The number of aryl methyl sites for hydroxylation is 1. The molecule has 2 aromatic carbocycles. The molecule has 0 saturated carbocycles. The summed E-state index contributed by atoms with van der Waals surface area (Å²) in [5.74, 6) is -1.22. The molecule has 0 aliphatic carbocycles. The van der Waals surface area contributed by atoms with Crippen LogP contribution in [-0.2, 0) is 21.4 Å². The molecule has 0 aliphatic heterocycles. The van der Waals surface area contributed by atoms with Crippen LogP contribution in [0.3, 0.4) is 0 Å². The average Bonchev–Trinajstić information content (AvgIpc) is 2.52. The zero-order valence-corrected chi connectivity index (χ0v) is 13.7. The van der Waals surface area contributed by atoms with Gasteiger partial charge in [-0.25, -0.2) is 18.4 Å². The third kappa shape index (κ3) is 4.18. The number of primary sulfonamides is 1. The molecule has 2 rings (SSSR count). The number of rotatable bonds is 5. The highest BCUT2D eigenvalue weighted by atomic mass is 32.2. The average molecular weight is 348 g/mol.